The fraction of sp³-hybridized carbons (Fsp3) is 1.00. The molecule has 0 unspecified atom stereocenters. The zero-order chi connectivity index (χ0) is 9.94. The molecule has 2 N–H and O–H groups in total. The molecule has 0 fully saturated rings. The van der Waals surface area contributed by atoms with Crippen LogP contribution >= 0.6 is 0 Å². The molecule has 0 spiro atoms. The predicted octanol–water partition coefficient (Wildman–Crippen LogP) is -0.581. The van der Waals surface area contributed by atoms with Crippen LogP contribution in [0.15, 0.2) is 0 Å². The topological polar surface area (TPSA) is 66.6 Å². The van der Waals surface area contributed by atoms with Crippen LogP contribution in [-0.4, -0.2) is 44.4 Å². The Morgan fingerprint density at radius 3 is 1.83 bits per heavy atom. The van der Waals surface area contributed by atoms with Gasteiger partial charge in [-0.25, -0.2) is 5.14 Å². The van der Waals surface area contributed by atoms with Crippen LogP contribution < -0.4 is 5.14 Å². The molecule has 5 nitrogen and oxygen atoms in total. The maximum absolute atomic E-state index is 11.0. The van der Waals surface area contributed by atoms with Gasteiger partial charge in [-0.1, -0.05) is 0 Å². The van der Waals surface area contributed by atoms with E-state index in [1.54, 1.807) is 32.8 Å². The van der Waals surface area contributed by atoms with Gasteiger partial charge >= 0.3 is 0 Å². The van der Waals surface area contributed by atoms with Crippen LogP contribution in [0, 0.1) is 0 Å². The highest BCUT2D eigenvalue weighted by molar-refractivity contribution is 7.86. The summed E-state index contributed by atoms with van der Waals surface area (Å²) < 4.78 is 23.2. The van der Waals surface area contributed by atoms with Gasteiger partial charge in [0.1, 0.15) is 0 Å². The van der Waals surface area contributed by atoms with Gasteiger partial charge in [-0.05, 0) is 27.9 Å². The van der Waals surface area contributed by atoms with Gasteiger partial charge in [0.25, 0.3) is 10.2 Å². The van der Waals surface area contributed by atoms with Crippen molar-refractivity contribution in [3.8, 4) is 0 Å². The Hall–Kier alpha value is -0.170. The average molecular weight is 195 g/mol. The zero-order valence-electron chi connectivity index (χ0n) is 7.98. The Bertz CT molecular complexity index is 223. The maximum Gasteiger partial charge on any atom is 0.278 e. The van der Waals surface area contributed by atoms with E-state index in [-0.39, 0.29) is 6.04 Å². The largest absolute Gasteiger partial charge is 0.296 e. The zero-order valence-corrected chi connectivity index (χ0v) is 8.80. The standard InChI is InChI=1S/C6H17N3O2S/c1-6(2)9(5-8(3)4)12(7,10)11/h6H,5H2,1-4H3,(H2,7,10,11). The number of hydrogen-bond donors (Lipinski definition) is 1. The minimum atomic E-state index is -3.57. The second-order valence-corrected chi connectivity index (χ2v) is 4.75. The van der Waals surface area contributed by atoms with E-state index >= 15 is 0 Å². The summed E-state index contributed by atoms with van der Waals surface area (Å²) in [4.78, 5) is 1.75. The molecule has 0 aromatic carbocycles. The normalized spacial score (nSPS) is 13.3. The molecular weight excluding hydrogens is 178 g/mol. The van der Waals surface area contributed by atoms with E-state index in [9.17, 15) is 8.42 Å². The lowest BCUT2D eigenvalue weighted by molar-refractivity contribution is 0.235. The molecule has 0 radical (unpaired) electrons. The molecule has 0 aromatic heterocycles. The van der Waals surface area contributed by atoms with Crippen molar-refractivity contribution < 1.29 is 8.42 Å². The van der Waals surface area contributed by atoms with Crippen molar-refractivity contribution in [2.24, 2.45) is 5.14 Å². The van der Waals surface area contributed by atoms with Gasteiger partial charge < -0.3 is 0 Å². The molecule has 0 aliphatic carbocycles. The molecule has 0 atom stereocenters. The van der Waals surface area contributed by atoms with Crippen LogP contribution in [0.3, 0.4) is 0 Å². The Labute approximate surface area is 74.3 Å². The van der Waals surface area contributed by atoms with Crippen molar-refractivity contribution in [2.75, 3.05) is 20.8 Å². The molecule has 6 heteroatoms. The average Bonchev–Trinajstić information content (AvgIpc) is 1.79. The Morgan fingerprint density at radius 1 is 1.33 bits per heavy atom. The van der Waals surface area contributed by atoms with Gasteiger partial charge in [0.05, 0.1) is 6.67 Å². The highest BCUT2D eigenvalue weighted by atomic mass is 32.2. The second kappa shape index (κ2) is 4.18. The van der Waals surface area contributed by atoms with Crippen molar-refractivity contribution in [2.45, 2.75) is 19.9 Å². The summed E-state index contributed by atoms with van der Waals surface area (Å²) in [6, 6.07) is -0.109. The first-order valence-electron chi connectivity index (χ1n) is 3.69. The first-order chi connectivity index (χ1) is 5.25. The van der Waals surface area contributed by atoms with E-state index in [0.717, 1.165) is 0 Å². The summed E-state index contributed by atoms with van der Waals surface area (Å²) in [5, 5.41) is 5.00. The van der Waals surface area contributed by atoms with E-state index < -0.39 is 10.2 Å². The summed E-state index contributed by atoms with van der Waals surface area (Å²) in [5.41, 5.74) is 0. The van der Waals surface area contributed by atoms with Crippen LogP contribution in [0.5, 0.6) is 0 Å². The van der Waals surface area contributed by atoms with Crippen LogP contribution in [0.4, 0.5) is 0 Å². The summed E-state index contributed by atoms with van der Waals surface area (Å²) >= 11 is 0. The third-order valence-electron chi connectivity index (χ3n) is 1.33. The van der Waals surface area contributed by atoms with Gasteiger partial charge in [0.2, 0.25) is 0 Å². The van der Waals surface area contributed by atoms with E-state index in [1.165, 1.54) is 4.31 Å². The SMILES string of the molecule is CC(C)N(CN(C)C)S(N)(=O)=O. The minimum absolute atomic E-state index is 0.109. The molecule has 0 heterocycles. The molecule has 0 aromatic rings. The molecule has 0 aliphatic heterocycles. The van der Waals surface area contributed by atoms with Gasteiger partial charge in [0.15, 0.2) is 0 Å². The monoisotopic (exact) mass is 195 g/mol. The van der Waals surface area contributed by atoms with Gasteiger partial charge in [0, 0.05) is 6.04 Å². The van der Waals surface area contributed by atoms with Crippen molar-refractivity contribution in [1.82, 2.24) is 9.21 Å². The van der Waals surface area contributed by atoms with Gasteiger partial charge in [-0.2, -0.15) is 12.7 Å². The van der Waals surface area contributed by atoms with Crippen molar-refractivity contribution in [3.05, 3.63) is 0 Å². The van der Waals surface area contributed by atoms with E-state index in [1.807, 2.05) is 0 Å². The molecule has 0 aliphatic rings. The molecule has 0 saturated carbocycles. The smallest absolute Gasteiger partial charge is 0.278 e. The van der Waals surface area contributed by atoms with E-state index in [0.29, 0.717) is 6.67 Å². The Balaban J connectivity index is 4.47. The third kappa shape index (κ3) is 4.01. The predicted molar refractivity (Wildman–Crippen MR) is 48.6 cm³/mol. The Morgan fingerprint density at radius 2 is 1.75 bits per heavy atom. The minimum Gasteiger partial charge on any atom is -0.296 e. The summed E-state index contributed by atoms with van der Waals surface area (Å²) in [5.74, 6) is 0. The maximum atomic E-state index is 11.0. The van der Waals surface area contributed by atoms with E-state index in [2.05, 4.69) is 0 Å². The highest BCUT2D eigenvalue weighted by Gasteiger charge is 2.20. The second-order valence-electron chi connectivity index (χ2n) is 3.25. The molecule has 0 amide bonds. The molecule has 12 heavy (non-hydrogen) atoms. The van der Waals surface area contributed by atoms with Crippen molar-refractivity contribution >= 4 is 10.2 Å². The molecular formula is C6H17N3O2S. The lowest BCUT2D eigenvalue weighted by atomic mass is 10.4. The van der Waals surface area contributed by atoms with Crippen LogP contribution in [-0.2, 0) is 10.2 Å². The first kappa shape index (κ1) is 11.8. The fourth-order valence-corrected chi connectivity index (χ4v) is 1.80. The lowest BCUT2D eigenvalue weighted by Crippen LogP contribution is -2.46. The first-order valence-corrected chi connectivity index (χ1v) is 5.19. The number of rotatable bonds is 4. The number of nitrogens with zero attached hydrogens (tertiary/aromatic N) is 2. The van der Waals surface area contributed by atoms with Gasteiger partial charge in [-0.15, -0.1) is 0 Å². The van der Waals surface area contributed by atoms with Crippen LogP contribution in [0.2, 0.25) is 0 Å². The molecule has 0 rings (SSSR count). The molecule has 0 saturated heterocycles. The molecule has 74 valence electrons. The van der Waals surface area contributed by atoms with Crippen molar-refractivity contribution in [1.29, 1.82) is 0 Å². The van der Waals surface area contributed by atoms with Crippen molar-refractivity contribution in [3.63, 3.8) is 0 Å². The quantitative estimate of drug-likeness (QED) is 0.610. The third-order valence-corrected chi connectivity index (χ3v) is 2.52. The van der Waals surface area contributed by atoms with Crippen LogP contribution in [0.25, 0.3) is 0 Å². The molecule has 0 bridgehead atoms. The highest BCUT2D eigenvalue weighted by Crippen LogP contribution is 2.02. The van der Waals surface area contributed by atoms with E-state index in [4.69, 9.17) is 5.14 Å². The lowest BCUT2D eigenvalue weighted by Gasteiger charge is -2.26. The number of hydrogen-bond acceptors (Lipinski definition) is 3. The summed E-state index contributed by atoms with van der Waals surface area (Å²) in [7, 11) is 0.0169. The van der Waals surface area contributed by atoms with Crippen LogP contribution in [0.1, 0.15) is 13.8 Å². The number of nitrogens with two attached hydrogens (primary N) is 1. The summed E-state index contributed by atoms with van der Waals surface area (Å²) in [6.07, 6.45) is 0. The summed E-state index contributed by atoms with van der Waals surface area (Å²) in [6.45, 7) is 3.89. The van der Waals surface area contributed by atoms with Gasteiger partial charge in [-0.3, -0.25) is 4.90 Å². The fourth-order valence-electron chi connectivity index (χ4n) is 0.816. The Kier molecular flexibility index (Phi) is 4.12.